The molecule has 1 saturated heterocycles. The van der Waals surface area contributed by atoms with E-state index >= 15 is 0 Å². The smallest absolute Gasteiger partial charge is 0.244 e. The second-order valence-electron chi connectivity index (χ2n) is 6.16. The first-order valence-corrected chi connectivity index (χ1v) is 7.59. The van der Waals surface area contributed by atoms with Gasteiger partial charge in [-0.25, -0.2) is 0 Å². The van der Waals surface area contributed by atoms with Gasteiger partial charge >= 0.3 is 0 Å². The van der Waals surface area contributed by atoms with Crippen molar-refractivity contribution in [3.05, 3.63) is 35.4 Å². The van der Waals surface area contributed by atoms with E-state index in [-0.39, 0.29) is 18.1 Å². The van der Waals surface area contributed by atoms with Gasteiger partial charge in [0.05, 0.1) is 18.2 Å². The molecule has 0 bridgehead atoms. The molecule has 1 aromatic carbocycles. The van der Waals surface area contributed by atoms with Gasteiger partial charge in [0, 0.05) is 7.11 Å². The number of nitrogens with one attached hydrogen (secondary N) is 1. The summed E-state index contributed by atoms with van der Waals surface area (Å²) in [6, 6.07) is 8.39. The number of carbonyl (C=O) groups is 1. The summed E-state index contributed by atoms with van der Waals surface area (Å²) < 4.78 is 5.25. The fourth-order valence-electron chi connectivity index (χ4n) is 2.86. The Balaban J connectivity index is 2.36. The first-order chi connectivity index (χ1) is 9.92. The number of hydrogen-bond acceptors (Lipinski definition) is 3. The molecule has 2 rings (SSSR count). The van der Waals surface area contributed by atoms with Gasteiger partial charge in [0.25, 0.3) is 0 Å². The largest absolute Gasteiger partial charge is 0.383 e. The zero-order valence-corrected chi connectivity index (χ0v) is 13.6. The maximum atomic E-state index is 12.8. The van der Waals surface area contributed by atoms with Crippen LogP contribution in [0.25, 0.3) is 0 Å². The molecule has 1 N–H and O–H groups in total. The number of carbonyl (C=O) groups excluding carboxylic acids is 1. The van der Waals surface area contributed by atoms with Crippen LogP contribution in [0.15, 0.2) is 24.3 Å². The summed E-state index contributed by atoms with van der Waals surface area (Å²) in [7, 11) is 1.67. The molecule has 21 heavy (non-hydrogen) atoms. The minimum absolute atomic E-state index is 0.0367. The quantitative estimate of drug-likeness (QED) is 0.906. The highest BCUT2D eigenvalue weighted by atomic mass is 16.5. The number of aryl methyl sites for hydroxylation is 1. The fraction of sp³-hybridized carbons (Fsp3) is 0.588. The van der Waals surface area contributed by atoms with E-state index in [1.165, 1.54) is 5.56 Å². The summed E-state index contributed by atoms with van der Waals surface area (Å²) in [5.74, 6) is 0.153. The third-order valence-corrected chi connectivity index (χ3v) is 4.42. The highest BCUT2D eigenvalue weighted by Gasteiger charge is 2.48. The molecule has 116 valence electrons. The van der Waals surface area contributed by atoms with Crippen molar-refractivity contribution in [2.24, 2.45) is 0 Å². The van der Waals surface area contributed by atoms with Crippen molar-refractivity contribution in [3.8, 4) is 0 Å². The van der Waals surface area contributed by atoms with E-state index in [2.05, 4.69) is 36.5 Å². The molecule has 1 amide bonds. The van der Waals surface area contributed by atoms with Crippen molar-refractivity contribution in [1.29, 1.82) is 0 Å². The van der Waals surface area contributed by atoms with Crippen molar-refractivity contribution in [3.63, 3.8) is 0 Å². The summed E-state index contributed by atoms with van der Waals surface area (Å²) >= 11 is 0. The molecule has 1 aliphatic rings. The number of benzene rings is 1. The van der Waals surface area contributed by atoms with Crippen LogP contribution in [0.3, 0.4) is 0 Å². The van der Waals surface area contributed by atoms with E-state index in [9.17, 15) is 4.79 Å². The van der Waals surface area contributed by atoms with Gasteiger partial charge < -0.3 is 9.64 Å². The van der Waals surface area contributed by atoms with Crippen LogP contribution in [0.1, 0.15) is 44.5 Å². The molecule has 4 nitrogen and oxygen atoms in total. The molecule has 3 unspecified atom stereocenters. The highest BCUT2D eigenvalue weighted by molar-refractivity contribution is 5.88. The van der Waals surface area contributed by atoms with Gasteiger partial charge in [0.2, 0.25) is 5.91 Å². The van der Waals surface area contributed by atoms with Crippen molar-refractivity contribution < 1.29 is 9.53 Å². The number of hydrogen-bond donors (Lipinski definition) is 1. The van der Waals surface area contributed by atoms with E-state index in [4.69, 9.17) is 4.74 Å². The Kier molecular flexibility index (Phi) is 4.69. The lowest BCUT2D eigenvalue weighted by molar-refractivity contribution is -0.135. The van der Waals surface area contributed by atoms with Crippen LogP contribution in [0.2, 0.25) is 0 Å². The van der Waals surface area contributed by atoms with Crippen LogP contribution in [0.4, 0.5) is 0 Å². The minimum Gasteiger partial charge on any atom is -0.383 e. The van der Waals surface area contributed by atoms with Crippen LogP contribution in [-0.2, 0) is 9.53 Å². The average Bonchev–Trinajstić information content (AvgIpc) is 2.73. The molecule has 1 heterocycles. The Morgan fingerprint density at radius 3 is 2.52 bits per heavy atom. The van der Waals surface area contributed by atoms with E-state index in [1.54, 1.807) is 7.11 Å². The highest BCUT2D eigenvalue weighted by Crippen LogP contribution is 2.34. The number of rotatable bonds is 5. The van der Waals surface area contributed by atoms with Crippen LogP contribution in [-0.4, -0.2) is 36.1 Å². The summed E-state index contributed by atoms with van der Waals surface area (Å²) in [5.41, 5.74) is 1.84. The topological polar surface area (TPSA) is 41.6 Å². The zero-order chi connectivity index (χ0) is 15.6. The molecule has 0 aromatic heterocycles. The molecular formula is C17H26N2O2. The Labute approximate surface area is 127 Å². The molecule has 0 aliphatic carbocycles. The fourth-order valence-corrected chi connectivity index (χ4v) is 2.86. The number of amides is 1. The van der Waals surface area contributed by atoms with E-state index < -0.39 is 5.54 Å². The van der Waals surface area contributed by atoms with Gasteiger partial charge in [0.1, 0.15) is 6.17 Å². The average molecular weight is 290 g/mol. The minimum atomic E-state index is -0.502. The van der Waals surface area contributed by atoms with Crippen LogP contribution in [0, 0.1) is 6.92 Å². The first-order valence-electron chi connectivity index (χ1n) is 7.59. The third-order valence-electron chi connectivity index (χ3n) is 4.42. The van der Waals surface area contributed by atoms with Crippen molar-refractivity contribution in [2.45, 2.75) is 51.9 Å². The Hall–Kier alpha value is -1.39. The standard InChI is InChI=1S/C17H26N2O2/c1-6-17(4)16(20)19(13(3)11-21-5)15(18-17)14-9-7-12(2)8-10-14/h7-10,13,15,18H,6,11H2,1-5H3. The van der Waals surface area contributed by atoms with Crippen LogP contribution >= 0.6 is 0 Å². The van der Waals surface area contributed by atoms with Crippen molar-refractivity contribution in [2.75, 3.05) is 13.7 Å². The number of ether oxygens (including phenoxy) is 1. The van der Waals surface area contributed by atoms with Crippen LogP contribution < -0.4 is 5.32 Å². The van der Waals surface area contributed by atoms with E-state index in [1.807, 2.05) is 25.7 Å². The van der Waals surface area contributed by atoms with Crippen molar-refractivity contribution >= 4 is 5.91 Å². The summed E-state index contributed by atoms with van der Waals surface area (Å²) in [4.78, 5) is 14.8. The Bertz CT molecular complexity index is 500. The number of nitrogens with zero attached hydrogens (tertiary/aromatic N) is 1. The van der Waals surface area contributed by atoms with Crippen molar-refractivity contribution in [1.82, 2.24) is 10.2 Å². The van der Waals surface area contributed by atoms with E-state index in [0.717, 1.165) is 12.0 Å². The number of methoxy groups -OCH3 is 1. The molecule has 1 aliphatic heterocycles. The predicted molar refractivity (Wildman–Crippen MR) is 83.9 cm³/mol. The predicted octanol–water partition coefficient (Wildman–Crippen LogP) is 2.63. The Morgan fingerprint density at radius 1 is 1.38 bits per heavy atom. The van der Waals surface area contributed by atoms with E-state index in [0.29, 0.717) is 6.61 Å². The van der Waals surface area contributed by atoms with Gasteiger partial charge in [0.15, 0.2) is 0 Å². The molecule has 0 saturated carbocycles. The molecule has 3 atom stereocenters. The van der Waals surface area contributed by atoms with Gasteiger partial charge in [-0.15, -0.1) is 0 Å². The maximum absolute atomic E-state index is 12.8. The molecule has 4 heteroatoms. The second-order valence-corrected chi connectivity index (χ2v) is 6.16. The summed E-state index contributed by atoms with van der Waals surface area (Å²) in [6.45, 7) is 8.66. The summed E-state index contributed by atoms with van der Waals surface area (Å²) in [5, 5.41) is 3.51. The molecule has 0 radical (unpaired) electrons. The normalized spacial score (nSPS) is 27.2. The third kappa shape index (κ3) is 2.97. The van der Waals surface area contributed by atoms with Gasteiger partial charge in [-0.3, -0.25) is 10.1 Å². The maximum Gasteiger partial charge on any atom is 0.244 e. The summed E-state index contributed by atoms with van der Waals surface area (Å²) in [6.07, 6.45) is 0.679. The van der Waals surface area contributed by atoms with Crippen LogP contribution in [0.5, 0.6) is 0 Å². The molecule has 1 fully saturated rings. The van der Waals surface area contributed by atoms with Gasteiger partial charge in [-0.2, -0.15) is 0 Å². The second kappa shape index (κ2) is 6.16. The molecule has 0 spiro atoms. The SMILES string of the molecule is CCC1(C)NC(c2ccc(C)cc2)N(C(C)COC)C1=O. The monoisotopic (exact) mass is 290 g/mol. The Morgan fingerprint density at radius 2 is 2.00 bits per heavy atom. The lowest BCUT2D eigenvalue weighted by atomic mass is 9.99. The molecular weight excluding hydrogens is 264 g/mol. The van der Waals surface area contributed by atoms with Gasteiger partial charge in [-0.1, -0.05) is 36.8 Å². The lowest BCUT2D eigenvalue weighted by Gasteiger charge is -2.30. The zero-order valence-electron chi connectivity index (χ0n) is 13.6. The lowest BCUT2D eigenvalue weighted by Crippen LogP contribution is -2.45. The van der Waals surface area contributed by atoms with Gasteiger partial charge in [-0.05, 0) is 32.8 Å². The molecule has 1 aromatic rings. The first kappa shape index (κ1) is 16.0.